The zero-order valence-corrected chi connectivity index (χ0v) is 14.5. The quantitative estimate of drug-likeness (QED) is 0.518. The number of thioether (sulfide) groups is 1. The van der Waals surface area contributed by atoms with E-state index in [9.17, 15) is 9.59 Å². The highest BCUT2D eigenvalue weighted by molar-refractivity contribution is 7.99. The normalized spacial score (nSPS) is 10.9. The third kappa shape index (κ3) is 3.40. The molecule has 3 rings (SSSR count). The van der Waals surface area contributed by atoms with Gasteiger partial charge < -0.3 is 10.7 Å². The number of nitrogens with zero attached hydrogens (tertiary/aromatic N) is 1. The van der Waals surface area contributed by atoms with Crippen molar-refractivity contribution in [2.45, 2.75) is 5.16 Å². The molecule has 1 heterocycles. The maximum atomic E-state index is 12.3. The summed E-state index contributed by atoms with van der Waals surface area (Å²) >= 11 is 13.1. The molecule has 0 saturated heterocycles. The fraction of sp³-hybridized carbons (Fsp3) is 0.0625. The Morgan fingerprint density at radius 1 is 1.17 bits per heavy atom. The van der Waals surface area contributed by atoms with Crippen molar-refractivity contribution in [1.82, 2.24) is 9.97 Å². The largest absolute Gasteiger partial charge is 0.366 e. The third-order valence-corrected chi connectivity index (χ3v) is 4.75. The predicted molar refractivity (Wildman–Crippen MR) is 96.1 cm³/mol. The van der Waals surface area contributed by atoms with Gasteiger partial charge in [0.2, 0.25) is 0 Å². The van der Waals surface area contributed by atoms with Crippen LogP contribution >= 0.6 is 35.0 Å². The molecule has 8 heteroatoms. The smallest absolute Gasteiger partial charge is 0.250 e. The Hall–Kier alpha value is -2.02. The molecule has 0 spiro atoms. The number of fused-ring (bicyclic) bond motifs is 1. The van der Waals surface area contributed by atoms with E-state index in [0.29, 0.717) is 37.4 Å². The first-order valence-electron chi connectivity index (χ1n) is 6.85. The van der Waals surface area contributed by atoms with E-state index >= 15 is 0 Å². The summed E-state index contributed by atoms with van der Waals surface area (Å²) in [4.78, 5) is 31.1. The van der Waals surface area contributed by atoms with Crippen LogP contribution in [0.1, 0.15) is 20.7 Å². The number of hydrogen-bond acceptors (Lipinski definition) is 4. The summed E-state index contributed by atoms with van der Waals surface area (Å²) in [5.41, 5.74) is 7.25. The van der Waals surface area contributed by atoms with Crippen LogP contribution in [0.4, 0.5) is 0 Å². The number of rotatable bonds is 5. The molecular formula is C16H11Cl2N3O2S. The molecule has 122 valence electrons. The van der Waals surface area contributed by atoms with Crippen LogP contribution in [0, 0.1) is 0 Å². The van der Waals surface area contributed by atoms with Gasteiger partial charge in [0.1, 0.15) is 5.52 Å². The van der Waals surface area contributed by atoms with Crippen molar-refractivity contribution in [1.29, 1.82) is 0 Å². The Morgan fingerprint density at radius 2 is 1.96 bits per heavy atom. The van der Waals surface area contributed by atoms with E-state index in [4.69, 9.17) is 28.9 Å². The number of amides is 1. The highest BCUT2D eigenvalue weighted by atomic mass is 35.5. The van der Waals surface area contributed by atoms with Gasteiger partial charge >= 0.3 is 0 Å². The van der Waals surface area contributed by atoms with E-state index in [1.807, 2.05) is 0 Å². The SMILES string of the molecule is NC(=O)c1cccc2[nH]c(SCC(=O)c3ccc(Cl)cc3Cl)nc12. The summed E-state index contributed by atoms with van der Waals surface area (Å²) in [6.07, 6.45) is 0. The van der Waals surface area contributed by atoms with Crippen LogP contribution in [0.3, 0.4) is 0 Å². The Balaban J connectivity index is 1.79. The molecule has 0 fully saturated rings. The van der Waals surface area contributed by atoms with Crippen LogP contribution in [0.5, 0.6) is 0 Å². The molecule has 0 aliphatic carbocycles. The van der Waals surface area contributed by atoms with Crippen molar-refractivity contribution in [3.8, 4) is 0 Å². The number of Topliss-reactive ketones (excluding diaryl/α,β-unsaturated/α-hetero) is 1. The molecule has 0 aliphatic heterocycles. The molecule has 5 nitrogen and oxygen atoms in total. The second-order valence-electron chi connectivity index (χ2n) is 4.94. The second-order valence-corrected chi connectivity index (χ2v) is 6.75. The van der Waals surface area contributed by atoms with E-state index in [0.717, 1.165) is 0 Å². The van der Waals surface area contributed by atoms with E-state index < -0.39 is 5.91 Å². The second kappa shape index (κ2) is 6.84. The van der Waals surface area contributed by atoms with Crippen molar-refractivity contribution in [3.63, 3.8) is 0 Å². The van der Waals surface area contributed by atoms with Crippen LogP contribution in [0.25, 0.3) is 11.0 Å². The van der Waals surface area contributed by atoms with Gasteiger partial charge in [0.15, 0.2) is 10.9 Å². The van der Waals surface area contributed by atoms with Gasteiger partial charge in [0.05, 0.1) is 21.9 Å². The van der Waals surface area contributed by atoms with Crippen molar-refractivity contribution < 1.29 is 9.59 Å². The topological polar surface area (TPSA) is 88.8 Å². The molecule has 3 aromatic rings. The van der Waals surface area contributed by atoms with Gasteiger partial charge in [0, 0.05) is 10.6 Å². The summed E-state index contributed by atoms with van der Waals surface area (Å²) < 4.78 is 0. The van der Waals surface area contributed by atoms with E-state index in [-0.39, 0.29) is 11.5 Å². The lowest BCUT2D eigenvalue weighted by Crippen LogP contribution is -2.11. The number of benzene rings is 2. The van der Waals surface area contributed by atoms with Gasteiger partial charge in [-0.05, 0) is 30.3 Å². The Morgan fingerprint density at radius 3 is 2.67 bits per heavy atom. The van der Waals surface area contributed by atoms with Gasteiger partial charge in [-0.2, -0.15) is 0 Å². The molecule has 0 aliphatic rings. The Labute approximate surface area is 151 Å². The summed E-state index contributed by atoms with van der Waals surface area (Å²) in [6, 6.07) is 9.85. The molecule has 1 aromatic heterocycles. The maximum Gasteiger partial charge on any atom is 0.250 e. The number of carbonyl (C=O) groups excluding carboxylic acids is 2. The number of H-pyrrole nitrogens is 1. The number of ketones is 1. The first kappa shape index (κ1) is 16.8. The standard InChI is InChI=1S/C16H11Cl2N3O2S/c17-8-4-5-9(11(18)6-8)13(22)7-24-16-20-12-3-1-2-10(15(19)23)14(12)21-16/h1-6H,7H2,(H2,19,23)(H,20,21). The van der Waals surface area contributed by atoms with Crippen molar-refractivity contribution >= 4 is 57.7 Å². The number of aromatic amines is 1. The number of primary amides is 1. The van der Waals surface area contributed by atoms with E-state index in [1.165, 1.54) is 17.8 Å². The van der Waals surface area contributed by atoms with Crippen LogP contribution in [0.15, 0.2) is 41.6 Å². The summed E-state index contributed by atoms with van der Waals surface area (Å²) in [5, 5.41) is 1.31. The van der Waals surface area contributed by atoms with E-state index in [1.54, 1.807) is 30.3 Å². The first-order chi connectivity index (χ1) is 11.5. The Kier molecular flexibility index (Phi) is 4.80. The Bertz CT molecular complexity index is 956. The van der Waals surface area contributed by atoms with Gasteiger partial charge in [-0.1, -0.05) is 41.0 Å². The predicted octanol–water partition coefficient (Wildman–Crippen LogP) is 3.94. The lowest BCUT2D eigenvalue weighted by Gasteiger charge is -2.02. The number of nitrogens with two attached hydrogens (primary N) is 1. The van der Waals surface area contributed by atoms with Crippen LogP contribution in [-0.2, 0) is 0 Å². The fourth-order valence-electron chi connectivity index (χ4n) is 2.20. The summed E-state index contributed by atoms with van der Waals surface area (Å²) in [5.74, 6) is -0.544. The minimum atomic E-state index is -0.548. The number of imidazole rings is 1. The molecular weight excluding hydrogens is 369 g/mol. The molecule has 2 aromatic carbocycles. The molecule has 1 amide bonds. The number of aromatic nitrogens is 2. The molecule has 3 N–H and O–H groups in total. The third-order valence-electron chi connectivity index (χ3n) is 3.33. The number of carbonyl (C=O) groups is 2. The number of hydrogen-bond donors (Lipinski definition) is 2. The minimum Gasteiger partial charge on any atom is -0.366 e. The average Bonchev–Trinajstić information content (AvgIpc) is 2.95. The first-order valence-corrected chi connectivity index (χ1v) is 8.59. The highest BCUT2D eigenvalue weighted by Crippen LogP contribution is 2.25. The summed E-state index contributed by atoms with van der Waals surface area (Å²) in [6.45, 7) is 0. The number of halogens is 2. The molecule has 0 unspecified atom stereocenters. The van der Waals surface area contributed by atoms with Gasteiger partial charge in [-0.25, -0.2) is 4.98 Å². The summed E-state index contributed by atoms with van der Waals surface area (Å²) in [7, 11) is 0. The molecule has 0 radical (unpaired) electrons. The van der Waals surface area contributed by atoms with E-state index in [2.05, 4.69) is 9.97 Å². The number of nitrogens with one attached hydrogen (secondary N) is 1. The lowest BCUT2D eigenvalue weighted by atomic mass is 10.1. The maximum absolute atomic E-state index is 12.3. The molecule has 0 saturated carbocycles. The zero-order valence-electron chi connectivity index (χ0n) is 12.2. The monoisotopic (exact) mass is 379 g/mol. The number of para-hydroxylation sites is 1. The van der Waals surface area contributed by atoms with Crippen LogP contribution in [-0.4, -0.2) is 27.4 Å². The highest BCUT2D eigenvalue weighted by Gasteiger charge is 2.15. The van der Waals surface area contributed by atoms with Gasteiger partial charge in [-0.3, -0.25) is 9.59 Å². The van der Waals surface area contributed by atoms with Crippen LogP contribution in [0.2, 0.25) is 10.0 Å². The lowest BCUT2D eigenvalue weighted by molar-refractivity contribution is 0.0998. The van der Waals surface area contributed by atoms with Crippen molar-refractivity contribution in [2.24, 2.45) is 5.73 Å². The van der Waals surface area contributed by atoms with Gasteiger partial charge in [-0.15, -0.1) is 0 Å². The minimum absolute atomic E-state index is 0.141. The van der Waals surface area contributed by atoms with Crippen molar-refractivity contribution in [2.75, 3.05) is 5.75 Å². The average molecular weight is 380 g/mol. The van der Waals surface area contributed by atoms with Crippen molar-refractivity contribution in [3.05, 3.63) is 57.6 Å². The zero-order chi connectivity index (χ0) is 17.3. The molecule has 0 bridgehead atoms. The van der Waals surface area contributed by atoms with Gasteiger partial charge in [0.25, 0.3) is 5.91 Å². The molecule has 0 atom stereocenters. The fourth-order valence-corrected chi connectivity index (χ4v) is 3.48. The molecule has 24 heavy (non-hydrogen) atoms. The van der Waals surface area contributed by atoms with Crippen LogP contribution < -0.4 is 5.73 Å².